The molecular formula is C10H23N3O. The number of rotatable bonds is 7. The minimum atomic E-state index is 0.189. The van der Waals surface area contributed by atoms with Crippen molar-refractivity contribution in [1.82, 2.24) is 15.1 Å². The molecule has 1 N–H and O–H groups in total. The average Bonchev–Trinajstić information content (AvgIpc) is 2.12. The Morgan fingerprint density at radius 1 is 1.29 bits per heavy atom. The monoisotopic (exact) mass is 201 g/mol. The lowest BCUT2D eigenvalue weighted by atomic mass is 10.3. The molecule has 0 aliphatic rings. The summed E-state index contributed by atoms with van der Waals surface area (Å²) in [4.78, 5) is 15.5. The van der Waals surface area contributed by atoms with Crippen LogP contribution < -0.4 is 5.32 Å². The molecule has 0 aliphatic heterocycles. The van der Waals surface area contributed by atoms with Gasteiger partial charge in [0.1, 0.15) is 0 Å². The van der Waals surface area contributed by atoms with Gasteiger partial charge in [0, 0.05) is 13.1 Å². The second-order valence-corrected chi connectivity index (χ2v) is 3.66. The van der Waals surface area contributed by atoms with Gasteiger partial charge in [-0.2, -0.15) is 0 Å². The van der Waals surface area contributed by atoms with E-state index in [9.17, 15) is 4.79 Å². The molecule has 0 aromatic rings. The Morgan fingerprint density at radius 3 is 2.36 bits per heavy atom. The van der Waals surface area contributed by atoms with Crippen LogP contribution in [0.2, 0.25) is 0 Å². The number of carbonyl (C=O) groups excluding carboxylic acids is 1. The zero-order valence-electron chi connectivity index (χ0n) is 9.84. The molecule has 0 rings (SSSR count). The molecule has 0 heterocycles. The minimum absolute atomic E-state index is 0.189. The molecule has 4 heteroatoms. The Morgan fingerprint density at radius 2 is 1.93 bits per heavy atom. The molecule has 4 nitrogen and oxygen atoms in total. The maximum Gasteiger partial charge on any atom is 0.236 e. The van der Waals surface area contributed by atoms with Crippen molar-refractivity contribution in [1.29, 1.82) is 0 Å². The van der Waals surface area contributed by atoms with Crippen LogP contribution >= 0.6 is 0 Å². The maximum atomic E-state index is 11.5. The van der Waals surface area contributed by atoms with E-state index in [0.717, 1.165) is 26.1 Å². The van der Waals surface area contributed by atoms with Gasteiger partial charge in [-0.05, 0) is 41.0 Å². The molecule has 0 atom stereocenters. The van der Waals surface area contributed by atoms with Crippen molar-refractivity contribution in [3.8, 4) is 0 Å². The number of nitrogens with one attached hydrogen (secondary N) is 1. The summed E-state index contributed by atoms with van der Waals surface area (Å²) in [5.74, 6) is 0.189. The van der Waals surface area contributed by atoms with Crippen LogP contribution in [-0.4, -0.2) is 63.0 Å². The van der Waals surface area contributed by atoms with Crippen molar-refractivity contribution in [2.75, 3.05) is 47.3 Å². The summed E-state index contributed by atoms with van der Waals surface area (Å²) >= 11 is 0. The van der Waals surface area contributed by atoms with Gasteiger partial charge in [-0.3, -0.25) is 4.79 Å². The van der Waals surface area contributed by atoms with Crippen molar-refractivity contribution < 1.29 is 4.79 Å². The first-order valence-electron chi connectivity index (χ1n) is 5.19. The van der Waals surface area contributed by atoms with E-state index < -0.39 is 0 Å². The summed E-state index contributed by atoms with van der Waals surface area (Å²) in [5.41, 5.74) is 0. The highest BCUT2D eigenvalue weighted by Gasteiger charge is 2.09. The lowest BCUT2D eigenvalue weighted by Crippen LogP contribution is -2.38. The van der Waals surface area contributed by atoms with Crippen LogP contribution in [0.15, 0.2) is 0 Å². The SMILES string of the molecule is CCN(CCCN(C)C)C(=O)CNC. The average molecular weight is 201 g/mol. The molecule has 14 heavy (non-hydrogen) atoms. The molecule has 0 spiro atoms. The van der Waals surface area contributed by atoms with E-state index in [0.29, 0.717) is 6.54 Å². The predicted octanol–water partition coefficient (Wildman–Crippen LogP) is 0.00600. The third kappa shape index (κ3) is 5.94. The molecule has 0 aliphatic carbocycles. The van der Waals surface area contributed by atoms with Gasteiger partial charge >= 0.3 is 0 Å². The number of amides is 1. The Hall–Kier alpha value is -0.610. The quantitative estimate of drug-likeness (QED) is 0.630. The second-order valence-electron chi connectivity index (χ2n) is 3.66. The van der Waals surface area contributed by atoms with E-state index in [1.165, 1.54) is 0 Å². The van der Waals surface area contributed by atoms with Crippen LogP contribution in [0.4, 0.5) is 0 Å². The maximum absolute atomic E-state index is 11.5. The molecule has 0 fully saturated rings. The molecule has 0 saturated carbocycles. The Labute approximate surface area is 87.3 Å². The topological polar surface area (TPSA) is 35.6 Å². The number of hydrogen-bond acceptors (Lipinski definition) is 3. The molecule has 0 bridgehead atoms. The van der Waals surface area contributed by atoms with Crippen LogP contribution in [0, 0.1) is 0 Å². The molecule has 0 radical (unpaired) electrons. The highest BCUT2D eigenvalue weighted by molar-refractivity contribution is 5.78. The van der Waals surface area contributed by atoms with Gasteiger partial charge in [-0.15, -0.1) is 0 Å². The third-order valence-electron chi connectivity index (χ3n) is 2.10. The first-order chi connectivity index (χ1) is 6.61. The number of hydrogen-bond donors (Lipinski definition) is 1. The zero-order valence-corrected chi connectivity index (χ0v) is 9.84. The normalized spacial score (nSPS) is 10.6. The van der Waals surface area contributed by atoms with E-state index in [1.807, 2.05) is 25.9 Å². The molecule has 84 valence electrons. The fourth-order valence-electron chi connectivity index (χ4n) is 1.30. The fraction of sp³-hybridized carbons (Fsp3) is 0.900. The van der Waals surface area contributed by atoms with Crippen molar-refractivity contribution in [3.63, 3.8) is 0 Å². The van der Waals surface area contributed by atoms with E-state index in [-0.39, 0.29) is 5.91 Å². The lowest BCUT2D eigenvalue weighted by Gasteiger charge is -2.21. The highest BCUT2D eigenvalue weighted by atomic mass is 16.2. The lowest BCUT2D eigenvalue weighted by molar-refractivity contribution is -0.130. The summed E-state index contributed by atoms with van der Waals surface area (Å²) in [7, 11) is 5.89. The summed E-state index contributed by atoms with van der Waals surface area (Å²) < 4.78 is 0. The zero-order chi connectivity index (χ0) is 11.0. The van der Waals surface area contributed by atoms with Gasteiger partial charge in [0.2, 0.25) is 5.91 Å². The van der Waals surface area contributed by atoms with Crippen molar-refractivity contribution in [3.05, 3.63) is 0 Å². The van der Waals surface area contributed by atoms with Crippen molar-refractivity contribution in [2.24, 2.45) is 0 Å². The van der Waals surface area contributed by atoms with Gasteiger partial charge in [-0.1, -0.05) is 0 Å². The first-order valence-corrected chi connectivity index (χ1v) is 5.19. The van der Waals surface area contributed by atoms with Gasteiger partial charge < -0.3 is 15.1 Å². The number of nitrogens with zero attached hydrogens (tertiary/aromatic N) is 2. The van der Waals surface area contributed by atoms with E-state index in [2.05, 4.69) is 10.2 Å². The molecule has 0 saturated heterocycles. The van der Waals surface area contributed by atoms with Gasteiger partial charge in [-0.25, -0.2) is 0 Å². The molecule has 0 unspecified atom stereocenters. The Kier molecular flexibility index (Phi) is 7.42. The van der Waals surface area contributed by atoms with Crippen LogP contribution in [0.25, 0.3) is 0 Å². The largest absolute Gasteiger partial charge is 0.342 e. The van der Waals surface area contributed by atoms with Crippen molar-refractivity contribution in [2.45, 2.75) is 13.3 Å². The van der Waals surface area contributed by atoms with Gasteiger partial charge in [0.25, 0.3) is 0 Å². The molecular weight excluding hydrogens is 178 g/mol. The van der Waals surface area contributed by atoms with E-state index >= 15 is 0 Å². The van der Waals surface area contributed by atoms with Crippen LogP contribution in [-0.2, 0) is 4.79 Å². The number of likely N-dealkylation sites (N-methyl/N-ethyl adjacent to an activating group) is 2. The summed E-state index contributed by atoms with van der Waals surface area (Å²) in [6.07, 6.45) is 1.04. The third-order valence-corrected chi connectivity index (χ3v) is 2.10. The van der Waals surface area contributed by atoms with Crippen LogP contribution in [0.5, 0.6) is 0 Å². The predicted molar refractivity (Wildman–Crippen MR) is 59.4 cm³/mol. The summed E-state index contributed by atoms with van der Waals surface area (Å²) in [5, 5.41) is 2.88. The molecule has 0 aromatic heterocycles. The van der Waals surface area contributed by atoms with Crippen LogP contribution in [0.1, 0.15) is 13.3 Å². The van der Waals surface area contributed by atoms with Crippen molar-refractivity contribution >= 4 is 5.91 Å². The fourth-order valence-corrected chi connectivity index (χ4v) is 1.30. The van der Waals surface area contributed by atoms with E-state index in [4.69, 9.17) is 0 Å². The van der Waals surface area contributed by atoms with Crippen LogP contribution in [0.3, 0.4) is 0 Å². The number of carbonyl (C=O) groups is 1. The summed E-state index contributed by atoms with van der Waals surface area (Å²) in [6, 6.07) is 0. The van der Waals surface area contributed by atoms with Gasteiger partial charge in [0.15, 0.2) is 0 Å². The second kappa shape index (κ2) is 7.76. The molecule has 1 amide bonds. The highest BCUT2D eigenvalue weighted by Crippen LogP contribution is 1.93. The van der Waals surface area contributed by atoms with E-state index in [1.54, 1.807) is 7.05 Å². The minimum Gasteiger partial charge on any atom is -0.342 e. The summed E-state index contributed by atoms with van der Waals surface area (Å²) in [6.45, 7) is 5.14. The molecule has 0 aromatic carbocycles. The Bertz CT molecular complexity index is 159. The Balaban J connectivity index is 3.73. The van der Waals surface area contributed by atoms with Gasteiger partial charge in [0.05, 0.1) is 6.54 Å². The smallest absolute Gasteiger partial charge is 0.236 e. The first kappa shape index (κ1) is 13.4. The standard InChI is InChI=1S/C10H23N3O/c1-5-13(10(14)9-11-2)8-6-7-12(3)4/h11H,5-9H2,1-4H3.